The van der Waals surface area contributed by atoms with Crippen molar-refractivity contribution in [3.05, 3.63) is 29.3 Å². The fraction of sp³-hybridized carbons (Fsp3) is 0.538. The highest BCUT2D eigenvalue weighted by Gasteiger charge is 2.14. The molecule has 0 unspecified atom stereocenters. The van der Waals surface area contributed by atoms with Crippen molar-refractivity contribution in [3.8, 4) is 0 Å². The number of anilines is 1. The first kappa shape index (κ1) is 13.4. The molecule has 1 aromatic carbocycles. The number of rotatable bonds is 6. The summed E-state index contributed by atoms with van der Waals surface area (Å²) in [7, 11) is -3.24. The SMILES string of the molecule is CCNCCS(=O)(=O)Nc1ccc2c(c1)CCC2. The summed E-state index contributed by atoms with van der Waals surface area (Å²) in [4.78, 5) is 0. The molecule has 0 amide bonds. The molecule has 1 aromatic rings. The first-order valence-electron chi connectivity index (χ1n) is 6.44. The summed E-state index contributed by atoms with van der Waals surface area (Å²) in [5, 5.41) is 3.01. The topological polar surface area (TPSA) is 58.2 Å². The van der Waals surface area contributed by atoms with E-state index in [1.54, 1.807) is 0 Å². The molecule has 0 radical (unpaired) electrons. The highest BCUT2D eigenvalue weighted by molar-refractivity contribution is 7.92. The lowest BCUT2D eigenvalue weighted by molar-refractivity contribution is 0.597. The number of benzene rings is 1. The molecule has 0 aromatic heterocycles. The second-order valence-corrected chi connectivity index (χ2v) is 6.45. The highest BCUT2D eigenvalue weighted by Crippen LogP contribution is 2.25. The van der Waals surface area contributed by atoms with Gasteiger partial charge in [-0.05, 0) is 49.1 Å². The molecule has 0 spiro atoms. The molecular formula is C13H20N2O2S. The van der Waals surface area contributed by atoms with Gasteiger partial charge in [0.2, 0.25) is 10.0 Å². The van der Waals surface area contributed by atoms with Crippen LogP contribution >= 0.6 is 0 Å². The molecule has 0 saturated heterocycles. The largest absolute Gasteiger partial charge is 0.316 e. The average molecular weight is 268 g/mol. The molecule has 100 valence electrons. The highest BCUT2D eigenvalue weighted by atomic mass is 32.2. The summed E-state index contributed by atoms with van der Waals surface area (Å²) < 4.78 is 26.3. The van der Waals surface area contributed by atoms with Gasteiger partial charge in [0.25, 0.3) is 0 Å². The van der Waals surface area contributed by atoms with Crippen LogP contribution in [0, 0.1) is 0 Å². The van der Waals surface area contributed by atoms with E-state index in [0.29, 0.717) is 12.2 Å². The fourth-order valence-electron chi connectivity index (χ4n) is 2.25. The van der Waals surface area contributed by atoms with Crippen LogP contribution in [0.2, 0.25) is 0 Å². The summed E-state index contributed by atoms with van der Waals surface area (Å²) in [5.41, 5.74) is 3.32. The molecule has 4 nitrogen and oxygen atoms in total. The van der Waals surface area contributed by atoms with Gasteiger partial charge < -0.3 is 5.32 Å². The number of fused-ring (bicyclic) bond motifs is 1. The standard InChI is InChI=1S/C13H20N2O2S/c1-2-14-8-9-18(16,17)15-13-7-6-11-4-3-5-12(11)10-13/h6-7,10,14-15H,2-5,8-9H2,1H3. The Balaban J connectivity index is 2.00. The number of hydrogen-bond donors (Lipinski definition) is 2. The Morgan fingerprint density at radius 2 is 2.00 bits per heavy atom. The van der Waals surface area contributed by atoms with E-state index in [9.17, 15) is 8.42 Å². The molecule has 0 saturated carbocycles. The van der Waals surface area contributed by atoms with Crippen molar-refractivity contribution >= 4 is 15.7 Å². The fourth-order valence-corrected chi connectivity index (χ4v) is 3.25. The van der Waals surface area contributed by atoms with Gasteiger partial charge in [0.15, 0.2) is 0 Å². The van der Waals surface area contributed by atoms with Gasteiger partial charge in [-0.25, -0.2) is 8.42 Å². The smallest absolute Gasteiger partial charge is 0.233 e. The van der Waals surface area contributed by atoms with Gasteiger partial charge in [-0.3, -0.25) is 4.72 Å². The van der Waals surface area contributed by atoms with Crippen LogP contribution in [0.3, 0.4) is 0 Å². The normalized spacial score (nSPS) is 14.5. The third-order valence-electron chi connectivity index (χ3n) is 3.17. The second kappa shape index (κ2) is 5.71. The van der Waals surface area contributed by atoms with Gasteiger partial charge in [0.05, 0.1) is 5.75 Å². The van der Waals surface area contributed by atoms with Crippen LogP contribution in [-0.2, 0) is 22.9 Å². The van der Waals surface area contributed by atoms with E-state index in [2.05, 4.69) is 10.0 Å². The van der Waals surface area contributed by atoms with Gasteiger partial charge >= 0.3 is 0 Å². The molecule has 2 N–H and O–H groups in total. The Labute approximate surface area is 109 Å². The molecule has 0 aliphatic heterocycles. The lowest BCUT2D eigenvalue weighted by Gasteiger charge is -2.09. The lowest BCUT2D eigenvalue weighted by atomic mass is 10.1. The van der Waals surface area contributed by atoms with Crippen molar-refractivity contribution in [2.24, 2.45) is 0 Å². The molecule has 1 aliphatic rings. The number of sulfonamides is 1. The Kier molecular flexibility index (Phi) is 4.24. The minimum absolute atomic E-state index is 0.109. The van der Waals surface area contributed by atoms with E-state index in [4.69, 9.17) is 0 Å². The summed E-state index contributed by atoms with van der Waals surface area (Å²) in [6.07, 6.45) is 3.34. The maximum atomic E-state index is 11.8. The predicted octanol–water partition coefficient (Wildman–Crippen LogP) is 1.53. The van der Waals surface area contributed by atoms with E-state index >= 15 is 0 Å². The monoisotopic (exact) mass is 268 g/mol. The van der Waals surface area contributed by atoms with Crippen molar-refractivity contribution < 1.29 is 8.42 Å². The van der Waals surface area contributed by atoms with E-state index in [0.717, 1.165) is 19.4 Å². The molecule has 0 atom stereocenters. The predicted molar refractivity (Wildman–Crippen MR) is 74.4 cm³/mol. The molecule has 2 rings (SSSR count). The Hall–Kier alpha value is -1.07. The third-order valence-corrected chi connectivity index (χ3v) is 4.46. The summed E-state index contributed by atoms with van der Waals surface area (Å²) in [5.74, 6) is 0.109. The Morgan fingerprint density at radius 3 is 2.78 bits per heavy atom. The molecule has 0 bridgehead atoms. The van der Waals surface area contributed by atoms with Crippen molar-refractivity contribution in [1.82, 2.24) is 5.32 Å². The first-order valence-corrected chi connectivity index (χ1v) is 8.09. The summed E-state index contributed by atoms with van der Waals surface area (Å²) in [6.45, 7) is 3.23. The van der Waals surface area contributed by atoms with Crippen LogP contribution in [0.5, 0.6) is 0 Å². The van der Waals surface area contributed by atoms with Crippen LogP contribution in [0.15, 0.2) is 18.2 Å². The van der Waals surface area contributed by atoms with E-state index in [-0.39, 0.29) is 5.75 Å². The van der Waals surface area contributed by atoms with Crippen molar-refractivity contribution in [2.45, 2.75) is 26.2 Å². The van der Waals surface area contributed by atoms with Gasteiger partial charge in [0, 0.05) is 12.2 Å². The van der Waals surface area contributed by atoms with Crippen molar-refractivity contribution in [2.75, 3.05) is 23.6 Å². The van der Waals surface area contributed by atoms with E-state index in [1.165, 1.54) is 17.5 Å². The van der Waals surface area contributed by atoms with Gasteiger partial charge in [-0.2, -0.15) is 0 Å². The van der Waals surface area contributed by atoms with Crippen LogP contribution in [0.25, 0.3) is 0 Å². The minimum Gasteiger partial charge on any atom is -0.316 e. The van der Waals surface area contributed by atoms with Crippen molar-refractivity contribution in [3.63, 3.8) is 0 Å². The third kappa shape index (κ3) is 3.46. The van der Waals surface area contributed by atoms with Crippen LogP contribution in [0.4, 0.5) is 5.69 Å². The number of hydrogen-bond acceptors (Lipinski definition) is 3. The average Bonchev–Trinajstić information content (AvgIpc) is 2.75. The van der Waals surface area contributed by atoms with Gasteiger partial charge in [-0.1, -0.05) is 13.0 Å². The lowest BCUT2D eigenvalue weighted by Crippen LogP contribution is -2.26. The van der Waals surface area contributed by atoms with Crippen molar-refractivity contribution in [1.29, 1.82) is 0 Å². The van der Waals surface area contributed by atoms with Crippen LogP contribution < -0.4 is 10.0 Å². The molecule has 1 aliphatic carbocycles. The van der Waals surface area contributed by atoms with Gasteiger partial charge in [-0.15, -0.1) is 0 Å². The van der Waals surface area contributed by atoms with E-state index < -0.39 is 10.0 Å². The number of nitrogens with one attached hydrogen (secondary N) is 2. The maximum absolute atomic E-state index is 11.8. The zero-order valence-electron chi connectivity index (χ0n) is 10.7. The van der Waals surface area contributed by atoms with Crippen LogP contribution in [-0.4, -0.2) is 27.3 Å². The van der Waals surface area contributed by atoms with E-state index in [1.807, 2.05) is 25.1 Å². The molecule has 18 heavy (non-hydrogen) atoms. The molecule has 0 heterocycles. The van der Waals surface area contributed by atoms with Gasteiger partial charge in [0.1, 0.15) is 0 Å². The zero-order valence-corrected chi connectivity index (χ0v) is 11.5. The second-order valence-electron chi connectivity index (χ2n) is 4.61. The minimum atomic E-state index is -3.24. The zero-order chi connectivity index (χ0) is 13.0. The Morgan fingerprint density at radius 1 is 1.22 bits per heavy atom. The first-order chi connectivity index (χ1) is 8.61. The quantitative estimate of drug-likeness (QED) is 0.769. The summed E-state index contributed by atoms with van der Waals surface area (Å²) in [6, 6.07) is 5.85. The molecule has 5 heteroatoms. The summed E-state index contributed by atoms with van der Waals surface area (Å²) >= 11 is 0. The number of aryl methyl sites for hydroxylation is 2. The Bertz CT molecular complexity index is 512. The van der Waals surface area contributed by atoms with Crippen LogP contribution in [0.1, 0.15) is 24.5 Å². The molecule has 0 fully saturated rings. The maximum Gasteiger partial charge on any atom is 0.233 e. The molecular weight excluding hydrogens is 248 g/mol.